The van der Waals surface area contributed by atoms with Crippen LogP contribution in [-0.2, 0) is 11.2 Å². The van der Waals surface area contributed by atoms with E-state index in [1.54, 1.807) is 18.2 Å². The summed E-state index contributed by atoms with van der Waals surface area (Å²) in [5.41, 5.74) is 3.82. The number of nitrogens with one attached hydrogen (secondary N) is 2. The van der Waals surface area contributed by atoms with Crippen LogP contribution in [0.25, 0.3) is 0 Å². The normalized spacial score (nSPS) is 10.2. The Morgan fingerprint density at radius 3 is 2.54 bits per heavy atom. The Morgan fingerprint density at radius 2 is 1.83 bits per heavy atom. The molecule has 2 aromatic carbocycles. The number of aryl methyl sites for hydroxylation is 2. The Morgan fingerprint density at radius 1 is 1.08 bits per heavy atom. The smallest absolute Gasteiger partial charge is 0.292 e. The van der Waals surface area contributed by atoms with Gasteiger partial charge in [-0.15, -0.1) is 0 Å². The lowest BCUT2D eigenvalue weighted by Crippen LogP contribution is -2.30. The molecule has 1 amide bonds. The van der Waals surface area contributed by atoms with Gasteiger partial charge in [0, 0.05) is 19.2 Å². The molecule has 24 heavy (non-hydrogen) atoms. The first kappa shape index (κ1) is 17.5. The van der Waals surface area contributed by atoms with E-state index in [2.05, 4.69) is 10.6 Å². The number of nitrogens with zero attached hydrogens (tertiary/aromatic N) is 1. The van der Waals surface area contributed by atoms with Gasteiger partial charge in [-0.05, 0) is 36.6 Å². The van der Waals surface area contributed by atoms with Crippen molar-refractivity contribution in [2.75, 3.05) is 18.4 Å². The lowest BCUT2D eigenvalue weighted by molar-refractivity contribution is -0.384. The molecule has 2 rings (SSSR count). The highest BCUT2D eigenvalue weighted by Gasteiger charge is 2.11. The topological polar surface area (TPSA) is 84.3 Å². The van der Waals surface area contributed by atoms with Crippen molar-refractivity contribution >= 4 is 17.3 Å². The molecule has 0 bridgehead atoms. The molecule has 2 N–H and O–H groups in total. The molecule has 0 aliphatic heterocycles. The number of benzene rings is 2. The Hall–Kier alpha value is -2.89. The molecule has 0 heterocycles. The first-order chi connectivity index (χ1) is 11.5. The quantitative estimate of drug-likeness (QED) is 0.465. The summed E-state index contributed by atoms with van der Waals surface area (Å²) in [6.07, 6.45) is 0.326. The minimum atomic E-state index is -0.430. The van der Waals surface area contributed by atoms with Crippen LogP contribution in [0.3, 0.4) is 0 Å². The highest BCUT2D eigenvalue weighted by atomic mass is 16.6. The number of anilines is 1. The second kappa shape index (κ2) is 8.10. The third-order valence-corrected chi connectivity index (χ3v) is 3.80. The molecule has 0 unspecified atom stereocenters. The fraction of sp³-hybridized carbons (Fsp3) is 0.278. The van der Waals surface area contributed by atoms with E-state index in [1.165, 1.54) is 17.2 Å². The second-order valence-corrected chi connectivity index (χ2v) is 5.65. The molecule has 126 valence electrons. The molecule has 0 saturated carbocycles. The van der Waals surface area contributed by atoms with E-state index in [9.17, 15) is 14.9 Å². The van der Waals surface area contributed by atoms with Crippen molar-refractivity contribution in [3.8, 4) is 0 Å². The minimum Gasteiger partial charge on any atom is -0.378 e. The monoisotopic (exact) mass is 327 g/mol. The van der Waals surface area contributed by atoms with E-state index >= 15 is 0 Å². The molecule has 0 aromatic heterocycles. The summed E-state index contributed by atoms with van der Waals surface area (Å²) in [7, 11) is 0. The maximum absolute atomic E-state index is 11.9. The SMILES string of the molecule is Cc1ccc(CC(=O)NCCNc2ccccc2[N+](=O)[O-])cc1C. The van der Waals surface area contributed by atoms with E-state index in [0.29, 0.717) is 25.2 Å². The van der Waals surface area contributed by atoms with Gasteiger partial charge in [0.2, 0.25) is 5.91 Å². The first-order valence-corrected chi connectivity index (χ1v) is 7.77. The number of carbonyl (C=O) groups excluding carboxylic acids is 1. The lowest BCUT2D eigenvalue weighted by Gasteiger charge is -2.09. The van der Waals surface area contributed by atoms with E-state index in [1.807, 2.05) is 32.0 Å². The van der Waals surface area contributed by atoms with Gasteiger partial charge in [0.25, 0.3) is 5.69 Å². The summed E-state index contributed by atoms with van der Waals surface area (Å²) in [4.78, 5) is 22.4. The number of carbonyl (C=O) groups is 1. The van der Waals surface area contributed by atoms with Crippen LogP contribution in [0.15, 0.2) is 42.5 Å². The predicted octanol–water partition coefficient (Wildman–Crippen LogP) is 2.98. The average molecular weight is 327 g/mol. The standard InChI is InChI=1S/C18H21N3O3/c1-13-7-8-15(11-14(13)2)12-18(22)20-10-9-19-16-5-3-4-6-17(16)21(23)24/h3-8,11,19H,9-10,12H2,1-2H3,(H,20,22). The highest BCUT2D eigenvalue weighted by Crippen LogP contribution is 2.22. The predicted molar refractivity (Wildman–Crippen MR) is 94.2 cm³/mol. The maximum atomic E-state index is 11.9. The minimum absolute atomic E-state index is 0.0268. The van der Waals surface area contributed by atoms with Crippen LogP contribution in [0.5, 0.6) is 0 Å². The van der Waals surface area contributed by atoms with Crippen molar-refractivity contribution in [3.05, 3.63) is 69.3 Å². The van der Waals surface area contributed by atoms with Crippen molar-refractivity contribution in [1.29, 1.82) is 0 Å². The number of hydrogen-bond acceptors (Lipinski definition) is 4. The number of nitro groups is 1. The molecule has 0 aliphatic carbocycles. The molecular formula is C18H21N3O3. The van der Waals surface area contributed by atoms with Crippen LogP contribution < -0.4 is 10.6 Å². The van der Waals surface area contributed by atoms with Crippen LogP contribution in [0.4, 0.5) is 11.4 Å². The average Bonchev–Trinajstić information content (AvgIpc) is 2.55. The van der Waals surface area contributed by atoms with Crippen LogP contribution in [-0.4, -0.2) is 23.9 Å². The summed E-state index contributed by atoms with van der Waals surface area (Å²) >= 11 is 0. The van der Waals surface area contributed by atoms with Crippen molar-refractivity contribution in [3.63, 3.8) is 0 Å². The van der Waals surface area contributed by atoms with Crippen molar-refractivity contribution in [1.82, 2.24) is 5.32 Å². The fourth-order valence-electron chi connectivity index (χ4n) is 2.34. The third-order valence-electron chi connectivity index (χ3n) is 3.80. The fourth-order valence-corrected chi connectivity index (χ4v) is 2.34. The van der Waals surface area contributed by atoms with Crippen LogP contribution in [0, 0.1) is 24.0 Å². The summed E-state index contributed by atoms with van der Waals surface area (Å²) < 4.78 is 0. The molecule has 6 nitrogen and oxygen atoms in total. The molecule has 6 heteroatoms. The zero-order valence-corrected chi connectivity index (χ0v) is 13.8. The van der Waals surface area contributed by atoms with Crippen molar-refractivity contribution < 1.29 is 9.72 Å². The van der Waals surface area contributed by atoms with Crippen LogP contribution in [0.1, 0.15) is 16.7 Å². The van der Waals surface area contributed by atoms with Gasteiger partial charge in [0.15, 0.2) is 0 Å². The Balaban J connectivity index is 1.79. The number of nitro benzene ring substituents is 1. The van der Waals surface area contributed by atoms with Gasteiger partial charge < -0.3 is 10.6 Å². The largest absolute Gasteiger partial charge is 0.378 e. The molecule has 0 saturated heterocycles. The summed E-state index contributed by atoms with van der Waals surface area (Å²) in [6, 6.07) is 12.4. The van der Waals surface area contributed by atoms with Crippen molar-refractivity contribution in [2.24, 2.45) is 0 Å². The Bertz CT molecular complexity index is 744. The molecule has 0 aliphatic rings. The molecule has 0 spiro atoms. The van der Waals surface area contributed by atoms with Gasteiger partial charge in [0.05, 0.1) is 11.3 Å². The van der Waals surface area contributed by atoms with Gasteiger partial charge in [-0.25, -0.2) is 0 Å². The van der Waals surface area contributed by atoms with E-state index in [4.69, 9.17) is 0 Å². The molecule has 2 aromatic rings. The Kier molecular flexibility index (Phi) is 5.89. The zero-order chi connectivity index (χ0) is 17.5. The van der Waals surface area contributed by atoms with Crippen LogP contribution in [0.2, 0.25) is 0 Å². The molecule has 0 radical (unpaired) electrons. The molecular weight excluding hydrogens is 306 g/mol. The van der Waals surface area contributed by atoms with Crippen molar-refractivity contribution in [2.45, 2.75) is 20.3 Å². The summed E-state index contributed by atoms with van der Waals surface area (Å²) in [5.74, 6) is -0.0670. The van der Waals surface area contributed by atoms with E-state index in [-0.39, 0.29) is 11.6 Å². The van der Waals surface area contributed by atoms with Gasteiger partial charge in [0.1, 0.15) is 5.69 Å². The lowest BCUT2D eigenvalue weighted by atomic mass is 10.0. The first-order valence-electron chi connectivity index (χ1n) is 7.77. The van der Waals surface area contributed by atoms with Gasteiger partial charge >= 0.3 is 0 Å². The van der Waals surface area contributed by atoms with E-state index < -0.39 is 4.92 Å². The molecule has 0 atom stereocenters. The number of amides is 1. The number of hydrogen-bond donors (Lipinski definition) is 2. The number of para-hydroxylation sites is 2. The summed E-state index contributed by atoms with van der Waals surface area (Å²) in [6.45, 7) is 4.88. The second-order valence-electron chi connectivity index (χ2n) is 5.65. The Labute approximate surface area is 141 Å². The van der Waals surface area contributed by atoms with Gasteiger partial charge in [-0.3, -0.25) is 14.9 Å². The zero-order valence-electron chi connectivity index (χ0n) is 13.8. The highest BCUT2D eigenvalue weighted by molar-refractivity contribution is 5.78. The maximum Gasteiger partial charge on any atom is 0.292 e. The third kappa shape index (κ3) is 4.81. The van der Waals surface area contributed by atoms with Crippen LogP contribution >= 0.6 is 0 Å². The summed E-state index contributed by atoms with van der Waals surface area (Å²) in [5, 5.41) is 16.7. The van der Waals surface area contributed by atoms with E-state index in [0.717, 1.165) is 5.56 Å². The number of rotatable bonds is 7. The van der Waals surface area contributed by atoms with Gasteiger partial charge in [-0.1, -0.05) is 30.3 Å². The molecule has 0 fully saturated rings. The van der Waals surface area contributed by atoms with Gasteiger partial charge in [-0.2, -0.15) is 0 Å².